The van der Waals surface area contributed by atoms with Gasteiger partial charge in [-0.1, -0.05) is 11.8 Å². The molecule has 2 saturated heterocycles. The van der Waals surface area contributed by atoms with E-state index in [-0.39, 0.29) is 44.6 Å². The van der Waals surface area contributed by atoms with Gasteiger partial charge in [0.15, 0.2) is 11.3 Å². The van der Waals surface area contributed by atoms with Gasteiger partial charge in [-0.2, -0.15) is 27.0 Å². The Morgan fingerprint density at radius 1 is 1.12 bits per heavy atom. The lowest BCUT2D eigenvalue weighted by atomic mass is 9.73. The van der Waals surface area contributed by atoms with E-state index in [4.69, 9.17) is 15.5 Å². The van der Waals surface area contributed by atoms with Crippen molar-refractivity contribution in [3.05, 3.63) is 37.2 Å². The highest BCUT2D eigenvalue weighted by Crippen LogP contribution is 2.42. The Bertz CT molecular complexity index is 1250. The molecule has 1 spiro atoms. The largest absolute Gasteiger partial charge is 0.376 e. The number of hydrogen-bond acceptors (Lipinski definition) is 8. The number of fused-ring (bicyclic) bond motifs is 2. The van der Waals surface area contributed by atoms with Crippen LogP contribution in [0.3, 0.4) is 0 Å². The molecule has 6 heterocycles. The summed E-state index contributed by atoms with van der Waals surface area (Å²) in [4.78, 5) is 25.6. The van der Waals surface area contributed by atoms with Gasteiger partial charge in [0.05, 0.1) is 29.5 Å². The first kappa shape index (κ1) is 24.1. The Morgan fingerprint density at radius 3 is 2.70 bits per heavy atom. The lowest BCUT2D eigenvalue weighted by Crippen LogP contribution is -2.51. The molecule has 0 saturated carbocycles. The fourth-order valence-electron chi connectivity index (χ4n) is 4.84. The number of ether oxygens (including phenoxy) is 1. The average Bonchev–Trinajstić information content (AvgIpc) is 3.53. The van der Waals surface area contributed by atoms with Crippen molar-refractivity contribution in [2.75, 3.05) is 24.6 Å². The van der Waals surface area contributed by atoms with Gasteiger partial charge in [0, 0.05) is 54.2 Å². The first-order valence-corrected chi connectivity index (χ1v) is 11.4. The van der Waals surface area contributed by atoms with Crippen LogP contribution in [0.25, 0.3) is 16.8 Å². The Morgan fingerprint density at radius 2 is 1.94 bits per heavy atom. The molecule has 0 bridgehead atoms. The van der Waals surface area contributed by atoms with E-state index in [1.54, 1.807) is 24.3 Å². The van der Waals surface area contributed by atoms with Crippen molar-refractivity contribution in [1.29, 1.82) is 0 Å². The lowest BCUT2D eigenvalue weighted by molar-refractivity contribution is 0.0973. The van der Waals surface area contributed by atoms with Gasteiger partial charge in [-0.3, -0.25) is 4.40 Å². The van der Waals surface area contributed by atoms with Crippen LogP contribution >= 0.6 is 38.8 Å². The molecule has 0 aromatic carbocycles. The molecule has 4 aromatic heterocycles. The predicted octanol–water partition coefficient (Wildman–Crippen LogP) is 2.71. The van der Waals surface area contributed by atoms with Crippen LogP contribution in [-0.2, 0) is 4.74 Å². The van der Waals surface area contributed by atoms with E-state index in [9.17, 15) is 0 Å². The summed E-state index contributed by atoms with van der Waals surface area (Å²) in [5.74, 6) is 0.925. The van der Waals surface area contributed by atoms with E-state index in [1.165, 1.54) is 0 Å². The Balaban J connectivity index is 0.00000130. The molecule has 2 atom stereocenters. The van der Waals surface area contributed by atoms with E-state index < -0.39 is 0 Å². The fraction of sp³-hybridized carbons (Fsp3) is 0.429. The first-order valence-electron chi connectivity index (χ1n) is 10.5. The number of H-pyrrole nitrogens is 1. The third-order valence-electron chi connectivity index (χ3n) is 6.77. The molecule has 0 amide bonds. The van der Waals surface area contributed by atoms with Crippen molar-refractivity contribution in [3.8, 4) is 0 Å². The van der Waals surface area contributed by atoms with E-state index in [0.717, 1.165) is 59.4 Å². The second-order valence-corrected chi connectivity index (χ2v) is 9.53. The average molecular weight is 505 g/mol. The molecule has 4 aromatic rings. The molecule has 9 nitrogen and oxygen atoms in total. The molecule has 0 unspecified atom stereocenters. The van der Waals surface area contributed by atoms with Crippen LogP contribution in [0.4, 0.5) is 5.95 Å². The van der Waals surface area contributed by atoms with Crippen molar-refractivity contribution < 1.29 is 4.74 Å². The van der Waals surface area contributed by atoms with Gasteiger partial charge in [-0.05, 0) is 25.8 Å². The van der Waals surface area contributed by atoms with Gasteiger partial charge in [0.1, 0.15) is 0 Å². The zero-order valence-corrected chi connectivity index (χ0v) is 21.0. The standard InChI is InChI=1S/C21H24N8OS.2H2S/c1-13-17(22)21(11-30-13)3-7-28(8-4-21)20-25-10-15(19-24-6-9-29(19)20)31-14-2-5-23-18-16(14)26-12-27-18;;/h2,5-6,9-10,12-13,17H,3-4,7-8,11,22H2,1H3,(H,23,26,27);2*1H2/t13-,17+;;/m0../s1. The maximum Gasteiger partial charge on any atom is 0.211 e. The Labute approximate surface area is 209 Å². The fourth-order valence-corrected chi connectivity index (χ4v) is 5.81. The molecule has 33 heavy (non-hydrogen) atoms. The molecule has 2 aliphatic rings. The van der Waals surface area contributed by atoms with E-state index in [1.807, 2.05) is 24.7 Å². The predicted molar refractivity (Wildman–Crippen MR) is 139 cm³/mol. The quantitative estimate of drug-likeness (QED) is 0.438. The Kier molecular flexibility index (Phi) is 6.83. The molecule has 6 rings (SSSR count). The van der Waals surface area contributed by atoms with Crippen LogP contribution < -0.4 is 10.6 Å². The zero-order valence-electron chi connectivity index (χ0n) is 18.2. The summed E-state index contributed by atoms with van der Waals surface area (Å²) in [6.45, 7) is 4.67. The van der Waals surface area contributed by atoms with Crippen molar-refractivity contribution in [3.63, 3.8) is 0 Å². The minimum atomic E-state index is 0. The van der Waals surface area contributed by atoms with Gasteiger partial charge in [-0.15, -0.1) is 0 Å². The van der Waals surface area contributed by atoms with Crippen LogP contribution in [0.1, 0.15) is 19.8 Å². The third kappa shape index (κ3) is 3.97. The summed E-state index contributed by atoms with van der Waals surface area (Å²) in [5, 5.41) is 0. The van der Waals surface area contributed by atoms with Crippen LogP contribution in [0.2, 0.25) is 0 Å². The van der Waals surface area contributed by atoms with Crippen LogP contribution in [0.15, 0.2) is 47.0 Å². The number of imidazole rings is 2. The molecule has 176 valence electrons. The molecule has 12 heteroatoms. The Hall–Kier alpha value is -1.99. The second-order valence-electron chi connectivity index (χ2n) is 8.45. The summed E-state index contributed by atoms with van der Waals surface area (Å²) in [6.07, 6.45) is 11.3. The van der Waals surface area contributed by atoms with E-state index in [2.05, 4.69) is 36.2 Å². The number of nitrogens with two attached hydrogens (primary N) is 1. The topological polar surface area (TPSA) is 110 Å². The van der Waals surface area contributed by atoms with Crippen molar-refractivity contribution in [2.24, 2.45) is 11.1 Å². The summed E-state index contributed by atoms with van der Waals surface area (Å²) in [6, 6.07) is 2.09. The highest BCUT2D eigenvalue weighted by Gasteiger charge is 2.47. The van der Waals surface area contributed by atoms with E-state index in [0.29, 0.717) is 5.65 Å². The monoisotopic (exact) mass is 504 g/mol. The first-order chi connectivity index (χ1) is 15.1. The maximum absolute atomic E-state index is 6.48. The minimum Gasteiger partial charge on any atom is -0.376 e. The number of anilines is 1. The highest BCUT2D eigenvalue weighted by molar-refractivity contribution is 7.99. The van der Waals surface area contributed by atoms with Gasteiger partial charge in [-0.25, -0.2) is 19.9 Å². The molecule has 0 radical (unpaired) electrons. The second kappa shape index (κ2) is 9.34. The number of rotatable bonds is 3. The lowest BCUT2D eigenvalue weighted by Gasteiger charge is -2.41. The third-order valence-corrected chi connectivity index (χ3v) is 7.84. The molecule has 3 N–H and O–H groups in total. The van der Waals surface area contributed by atoms with Crippen LogP contribution in [-0.4, -0.2) is 61.2 Å². The number of pyridine rings is 1. The van der Waals surface area contributed by atoms with Crippen molar-refractivity contribution >= 4 is 61.5 Å². The summed E-state index contributed by atoms with van der Waals surface area (Å²) in [5.41, 5.74) is 9.10. The number of hydrogen-bond donors (Lipinski definition) is 2. The summed E-state index contributed by atoms with van der Waals surface area (Å²) >= 11 is 1.62. The SMILES string of the molecule is C[C@@H]1OCC2(CCN(c3ncc(Sc4ccnc5nc[nH]c45)c4nccn34)CC2)[C@@H]1N.S.S. The highest BCUT2D eigenvalue weighted by atomic mass is 32.2. The molecular weight excluding hydrogens is 476 g/mol. The van der Waals surface area contributed by atoms with Gasteiger partial charge in [0.25, 0.3) is 0 Å². The molecule has 0 aliphatic carbocycles. The summed E-state index contributed by atoms with van der Waals surface area (Å²) in [7, 11) is 0. The van der Waals surface area contributed by atoms with Gasteiger partial charge >= 0.3 is 0 Å². The maximum atomic E-state index is 6.48. The van der Waals surface area contributed by atoms with Crippen LogP contribution in [0.5, 0.6) is 0 Å². The summed E-state index contributed by atoms with van der Waals surface area (Å²) < 4.78 is 7.95. The van der Waals surface area contributed by atoms with Gasteiger partial charge in [0.2, 0.25) is 5.95 Å². The number of nitrogens with zero attached hydrogens (tertiary/aromatic N) is 6. The van der Waals surface area contributed by atoms with Gasteiger partial charge < -0.3 is 20.4 Å². The number of aromatic amines is 1. The van der Waals surface area contributed by atoms with Crippen molar-refractivity contribution in [1.82, 2.24) is 29.3 Å². The zero-order chi connectivity index (χ0) is 21.0. The van der Waals surface area contributed by atoms with Crippen molar-refractivity contribution in [2.45, 2.75) is 41.7 Å². The minimum absolute atomic E-state index is 0. The number of nitrogens with one attached hydrogen (secondary N) is 1. The van der Waals surface area contributed by atoms with Crippen LogP contribution in [0, 0.1) is 5.41 Å². The smallest absolute Gasteiger partial charge is 0.211 e. The molecular formula is C21H28N8OS3. The number of piperidine rings is 1. The normalized spacial score (nSPS) is 21.9. The number of aromatic nitrogens is 6. The molecule has 2 fully saturated rings. The molecule has 2 aliphatic heterocycles. The van der Waals surface area contributed by atoms with E-state index >= 15 is 0 Å².